The summed E-state index contributed by atoms with van der Waals surface area (Å²) in [6, 6.07) is 32.8. The van der Waals surface area contributed by atoms with Crippen LogP contribution in [0, 0.1) is 0 Å². The zero-order chi connectivity index (χ0) is 30.9. The molecule has 0 unspecified atom stereocenters. The minimum atomic E-state index is -0.671. The summed E-state index contributed by atoms with van der Waals surface area (Å²) in [5, 5.41) is 17.8. The van der Waals surface area contributed by atoms with Gasteiger partial charge in [0.25, 0.3) is 0 Å². The first kappa shape index (κ1) is 39.1. The lowest BCUT2D eigenvalue weighted by Crippen LogP contribution is -1.93. The van der Waals surface area contributed by atoms with Crippen LogP contribution >= 0.6 is 15.9 Å². The molecule has 5 heteroatoms. The van der Waals surface area contributed by atoms with E-state index in [1.54, 1.807) is 0 Å². The first-order chi connectivity index (χ1) is 20.5. The second-order valence-electron chi connectivity index (χ2n) is 10.1. The number of hydrogen-bond donors (Lipinski definition) is 2. The third-order valence-electron chi connectivity index (χ3n) is 6.32. The molecule has 0 amide bonds. The molecule has 3 rings (SSSR count). The number of benzene rings is 3. The molecule has 42 heavy (non-hydrogen) atoms. The average Bonchev–Trinajstić information content (AvgIpc) is 3.03. The first-order valence-electron chi connectivity index (χ1n) is 15.6. The fraction of sp³-hybridized carbons (Fsp3) is 0.459. The van der Waals surface area contributed by atoms with Gasteiger partial charge in [-0.05, 0) is 30.4 Å². The number of carboxylic acid groups (broad SMARTS) is 2. The molecule has 4 nitrogen and oxygen atoms in total. The summed E-state index contributed by atoms with van der Waals surface area (Å²) in [5.74, 6) is -1.33. The van der Waals surface area contributed by atoms with Crippen LogP contribution in [0.15, 0.2) is 97.1 Å². The van der Waals surface area contributed by atoms with E-state index in [-0.39, 0.29) is 0 Å². The molecule has 0 saturated heterocycles. The molecule has 0 spiro atoms. The Hall–Kier alpha value is -2.92. The Morgan fingerprint density at radius 1 is 0.476 bits per heavy atom. The quantitative estimate of drug-likeness (QED) is 0.114. The van der Waals surface area contributed by atoms with Crippen molar-refractivity contribution in [2.24, 2.45) is 0 Å². The van der Waals surface area contributed by atoms with Crippen LogP contribution in [-0.2, 0) is 9.59 Å². The van der Waals surface area contributed by atoms with Crippen LogP contribution in [-0.4, -0.2) is 27.5 Å². The lowest BCUT2D eigenvalue weighted by atomic mass is 10.1. The van der Waals surface area contributed by atoms with Crippen molar-refractivity contribution in [3.8, 4) is 11.1 Å². The van der Waals surface area contributed by atoms with Crippen LogP contribution in [0.5, 0.6) is 0 Å². The van der Waals surface area contributed by atoms with Gasteiger partial charge in [0.05, 0.1) is 0 Å². The van der Waals surface area contributed by atoms with Crippen molar-refractivity contribution in [1.82, 2.24) is 0 Å². The minimum absolute atomic E-state index is 0.332. The van der Waals surface area contributed by atoms with Gasteiger partial charge in [-0.1, -0.05) is 184 Å². The van der Waals surface area contributed by atoms with E-state index in [9.17, 15) is 9.59 Å². The van der Waals surface area contributed by atoms with Crippen LogP contribution in [0.3, 0.4) is 0 Å². The van der Waals surface area contributed by atoms with E-state index in [1.807, 2.05) is 48.5 Å². The SMILES string of the molecule is CCCCCCCCCC(=O)O.O=C(O)CCCCCCCCBr.c1ccc(-c2ccccc2)cc1.c1ccccc1. The van der Waals surface area contributed by atoms with Crippen molar-refractivity contribution in [3.63, 3.8) is 0 Å². The predicted octanol–water partition coefficient (Wildman–Crippen LogP) is 11.4. The molecule has 0 bridgehead atoms. The maximum Gasteiger partial charge on any atom is 0.303 e. The molecule has 0 aliphatic carbocycles. The lowest BCUT2D eigenvalue weighted by molar-refractivity contribution is -0.138. The van der Waals surface area contributed by atoms with Crippen LogP contribution in [0.1, 0.15) is 103 Å². The molecule has 0 heterocycles. The highest BCUT2D eigenvalue weighted by Gasteiger charge is 1.97. The van der Waals surface area contributed by atoms with E-state index in [1.165, 1.54) is 68.9 Å². The summed E-state index contributed by atoms with van der Waals surface area (Å²) < 4.78 is 0. The normalized spacial score (nSPS) is 9.67. The van der Waals surface area contributed by atoms with E-state index in [0.29, 0.717) is 12.8 Å². The maximum absolute atomic E-state index is 10.1. The fourth-order valence-corrected chi connectivity index (χ4v) is 4.35. The largest absolute Gasteiger partial charge is 0.481 e. The number of unbranched alkanes of at least 4 members (excludes halogenated alkanes) is 11. The van der Waals surface area contributed by atoms with Crippen LogP contribution in [0.4, 0.5) is 0 Å². The summed E-state index contributed by atoms with van der Waals surface area (Å²) in [6.07, 6.45) is 15.8. The number of carbonyl (C=O) groups is 2. The summed E-state index contributed by atoms with van der Waals surface area (Å²) in [7, 11) is 0. The third kappa shape index (κ3) is 28.6. The van der Waals surface area contributed by atoms with Gasteiger partial charge in [-0.15, -0.1) is 0 Å². The summed E-state index contributed by atoms with van der Waals surface area (Å²) in [6.45, 7) is 2.20. The van der Waals surface area contributed by atoms with Crippen LogP contribution < -0.4 is 0 Å². The number of rotatable bonds is 17. The summed E-state index contributed by atoms with van der Waals surface area (Å²) in [4.78, 5) is 20.3. The molecule has 0 fully saturated rings. The molecule has 3 aromatic rings. The summed E-state index contributed by atoms with van der Waals surface area (Å²) >= 11 is 3.37. The van der Waals surface area contributed by atoms with E-state index < -0.39 is 11.9 Å². The number of hydrogen-bond acceptors (Lipinski definition) is 2. The van der Waals surface area contributed by atoms with Crippen molar-refractivity contribution in [1.29, 1.82) is 0 Å². The number of alkyl halides is 1. The van der Waals surface area contributed by atoms with Crippen molar-refractivity contribution >= 4 is 27.9 Å². The molecule has 0 atom stereocenters. The van der Waals surface area contributed by atoms with Gasteiger partial charge in [-0.2, -0.15) is 0 Å². The Labute approximate surface area is 263 Å². The van der Waals surface area contributed by atoms with Gasteiger partial charge in [-0.25, -0.2) is 0 Å². The molecular weight excluding hydrogens is 588 g/mol. The second-order valence-corrected chi connectivity index (χ2v) is 10.9. The molecule has 2 N–H and O–H groups in total. The molecule has 3 aromatic carbocycles. The highest BCUT2D eigenvalue weighted by molar-refractivity contribution is 9.09. The lowest BCUT2D eigenvalue weighted by Gasteiger charge is -1.98. The highest BCUT2D eigenvalue weighted by atomic mass is 79.9. The molecule has 0 aliphatic rings. The fourth-order valence-electron chi connectivity index (χ4n) is 3.96. The van der Waals surface area contributed by atoms with Crippen molar-refractivity contribution in [2.75, 3.05) is 5.33 Å². The molecule has 0 aliphatic heterocycles. The number of aliphatic carboxylic acids is 2. The smallest absolute Gasteiger partial charge is 0.303 e. The van der Waals surface area contributed by atoms with Gasteiger partial charge in [0, 0.05) is 18.2 Å². The van der Waals surface area contributed by atoms with E-state index >= 15 is 0 Å². The topological polar surface area (TPSA) is 74.6 Å². The van der Waals surface area contributed by atoms with Gasteiger partial charge in [0.1, 0.15) is 0 Å². The van der Waals surface area contributed by atoms with Gasteiger partial charge >= 0.3 is 11.9 Å². The van der Waals surface area contributed by atoms with Crippen LogP contribution in [0.25, 0.3) is 11.1 Å². The highest BCUT2D eigenvalue weighted by Crippen LogP contribution is 2.17. The zero-order valence-corrected chi connectivity index (χ0v) is 27.2. The van der Waals surface area contributed by atoms with Gasteiger partial charge in [0.2, 0.25) is 0 Å². The standard InChI is InChI=1S/C12H10.C10H20O2.C9H17BrO2.C6H6/c1-3-7-11(8-4-1)12-9-5-2-6-10-12;1-2-3-4-5-6-7-8-9-10(11)12;10-8-6-4-2-1-3-5-7-9(11)12;1-2-4-6-5-3-1/h1-10H;2-9H2,1H3,(H,11,12);1-8H2,(H,11,12);1-6H. The second kappa shape index (κ2) is 31.0. The van der Waals surface area contributed by atoms with E-state index in [0.717, 1.165) is 31.0 Å². The van der Waals surface area contributed by atoms with Gasteiger partial charge in [0.15, 0.2) is 0 Å². The molecule has 0 aromatic heterocycles. The molecule has 0 radical (unpaired) electrons. The van der Waals surface area contributed by atoms with Gasteiger partial charge < -0.3 is 10.2 Å². The summed E-state index contributed by atoms with van der Waals surface area (Å²) in [5.41, 5.74) is 2.55. The average molecular weight is 642 g/mol. The van der Waals surface area contributed by atoms with E-state index in [4.69, 9.17) is 10.2 Å². The van der Waals surface area contributed by atoms with Gasteiger partial charge in [-0.3, -0.25) is 9.59 Å². The monoisotopic (exact) mass is 640 g/mol. The molecule has 232 valence electrons. The van der Waals surface area contributed by atoms with Crippen molar-refractivity contribution in [3.05, 3.63) is 97.1 Å². The van der Waals surface area contributed by atoms with E-state index in [2.05, 4.69) is 71.4 Å². The Kier molecular flexibility index (Phi) is 28.9. The Morgan fingerprint density at radius 3 is 1.07 bits per heavy atom. The van der Waals surface area contributed by atoms with Crippen molar-refractivity contribution in [2.45, 2.75) is 103 Å². The minimum Gasteiger partial charge on any atom is -0.481 e. The molecular formula is C37H53BrO4. The number of halogens is 1. The Bertz CT molecular complexity index is 873. The Morgan fingerprint density at radius 2 is 0.762 bits per heavy atom. The third-order valence-corrected chi connectivity index (χ3v) is 6.88. The maximum atomic E-state index is 10.1. The van der Waals surface area contributed by atoms with Crippen molar-refractivity contribution < 1.29 is 19.8 Å². The number of carboxylic acids is 2. The first-order valence-corrected chi connectivity index (χ1v) is 16.7. The predicted molar refractivity (Wildman–Crippen MR) is 182 cm³/mol. The molecule has 0 saturated carbocycles. The Balaban J connectivity index is 0.000000547. The zero-order valence-electron chi connectivity index (χ0n) is 25.6. The van der Waals surface area contributed by atoms with Crippen LogP contribution in [0.2, 0.25) is 0 Å².